The average Bonchev–Trinajstić information content (AvgIpc) is 3.54. The Labute approximate surface area is 204 Å². The Balaban J connectivity index is 1.46. The minimum Gasteiger partial charge on any atom is -0.391 e. The minimum absolute atomic E-state index is 0.240. The molecule has 8 nitrogen and oxygen atoms in total. The monoisotopic (exact) mass is 470 g/mol. The normalized spacial score (nSPS) is 17.9. The first-order valence-corrected chi connectivity index (χ1v) is 12.1. The molecule has 35 heavy (non-hydrogen) atoms. The molecule has 1 aromatic carbocycles. The van der Waals surface area contributed by atoms with Crippen LogP contribution in [0.15, 0.2) is 61.1 Å². The summed E-state index contributed by atoms with van der Waals surface area (Å²) in [4.78, 5) is 17.9. The molecule has 1 aliphatic carbocycles. The molecule has 5 rings (SSSR count). The van der Waals surface area contributed by atoms with Crippen molar-refractivity contribution in [2.45, 2.75) is 51.2 Å². The van der Waals surface area contributed by atoms with E-state index in [0.29, 0.717) is 24.2 Å². The lowest BCUT2D eigenvalue weighted by Gasteiger charge is -2.28. The van der Waals surface area contributed by atoms with Gasteiger partial charge in [0.15, 0.2) is 0 Å². The van der Waals surface area contributed by atoms with Crippen LogP contribution in [0, 0.1) is 6.92 Å². The number of aryl methyl sites for hydroxylation is 1. The summed E-state index contributed by atoms with van der Waals surface area (Å²) >= 11 is 0. The summed E-state index contributed by atoms with van der Waals surface area (Å²) in [5.74, 6) is -0.261. The predicted octanol–water partition coefficient (Wildman–Crippen LogP) is 3.60. The minimum atomic E-state index is -0.513. The van der Waals surface area contributed by atoms with Crippen molar-refractivity contribution in [3.05, 3.63) is 83.4 Å². The highest BCUT2D eigenvalue weighted by Gasteiger charge is 2.26. The number of aliphatic hydroxyl groups is 1. The summed E-state index contributed by atoms with van der Waals surface area (Å²) in [5.41, 5.74) is 5.90. The van der Waals surface area contributed by atoms with Crippen LogP contribution in [0.1, 0.15) is 52.9 Å². The number of hydrogen-bond acceptors (Lipinski definition) is 5. The Bertz CT molecular complexity index is 1310. The summed E-state index contributed by atoms with van der Waals surface area (Å²) in [5, 5.41) is 22.2. The highest BCUT2D eigenvalue weighted by molar-refractivity contribution is 5.93. The fraction of sp³-hybridized carbons (Fsp3) is 0.333. The number of nitrogens with zero attached hydrogens (tertiary/aromatic N) is 5. The molecule has 0 spiro atoms. The van der Waals surface area contributed by atoms with Crippen molar-refractivity contribution in [3.8, 4) is 17.1 Å². The van der Waals surface area contributed by atoms with Gasteiger partial charge in [-0.05, 0) is 73.2 Å². The van der Waals surface area contributed by atoms with Gasteiger partial charge >= 0.3 is 0 Å². The maximum atomic E-state index is 13.2. The van der Waals surface area contributed by atoms with E-state index in [1.165, 1.54) is 0 Å². The summed E-state index contributed by atoms with van der Waals surface area (Å²) < 4.78 is 3.55. The number of nitrogens with one attached hydrogen (secondary N) is 1. The summed E-state index contributed by atoms with van der Waals surface area (Å²) in [6, 6.07) is 13.7. The van der Waals surface area contributed by atoms with E-state index in [4.69, 9.17) is 4.98 Å². The fourth-order valence-electron chi connectivity index (χ4n) is 4.68. The lowest BCUT2D eigenvalue weighted by atomic mass is 9.92. The summed E-state index contributed by atoms with van der Waals surface area (Å²) in [6.07, 6.45) is 9.16. The Morgan fingerprint density at radius 3 is 2.63 bits per heavy atom. The number of benzene rings is 1. The van der Waals surface area contributed by atoms with Gasteiger partial charge in [0, 0.05) is 25.6 Å². The third-order valence-electron chi connectivity index (χ3n) is 6.71. The molecule has 4 aromatic rings. The Kier molecular flexibility index (Phi) is 6.46. The number of carbonyl (C=O) groups is 1. The lowest BCUT2D eigenvalue weighted by molar-refractivity contribution is 0.0714. The zero-order valence-electron chi connectivity index (χ0n) is 20.1. The number of amides is 1. The Morgan fingerprint density at radius 2 is 1.94 bits per heavy atom. The van der Waals surface area contributed by atoms with Gasteiger partial charge in [-0.1, -0.05) is 25.0 Å². The lowest BCUT2D eigenvalue weighted by Crippen LogP contribution is -2.45. The number of aliphatic hydroxyl groups excluding tert-OH is 1. The van der Waals surface area contributed by atoms with Crippen LogP contribution in [0.4, 0.5) is 0 Å². The molecule has 0 aliphatic heterocycles. The van der Waals surface area contributed by atoms with Gasteiger partial charge in [0.1, 0.15) is 11.4 Å². The highest BCUT2D eigenvalue weighted by atomic mass is 16.3. The molecule has 1 amide bonds. The van der Waals surface area contributed by atoms with Crippen LogP contribution in [0.5, 0.6) is 0 Å². The zero-order chi connectivity index (χ0) is 24.4. The van der Waals surface area contributed by atoms with E-state index >= 15 is 0 Å². The van der Waals surface area contributed by atoms with Crippen molar-refractivity contribution in [2.24, 2.45) is 7.05 Å². The van der Waals surface area contributed by atoms with Crippen LogP contribution >= 0.6 is 0 Å². The SMILES string of the molecule is Cc1c(Cc2ccc(-n3cccn3)cc2)cc(C(=O)N[C@H]2CCCC[C@@H]2O)nc1-c1ccn(C)n1. The molecule has 1 aliphatic rings. The zero-order valence-corrected chi connectivity index (χ0v) is 20.1. The number of aromatic nitrogens is 5. The topological polar surface area (TPSA) is 97.9 Å². The molecule has 2 N–H and O–H groups in total. The molecule has 0 unspecified atom stereocenters. The fourth-order valence-corrected chi connectivity index (χ4v) is 4.68. The van der Waals surface area contributed by atoms with E-state index in [1.807, 2.05) is 61.4 Å². The van der Waals surface area contributed by atoms with Gasteiger partial charge in [0.05, 0.1) is 23.5 Å². The second kappa shape index (κ2) is 9.84. The van der Waals surface area contributed by atoms with Gasteiger partial charge in [-0.25, -0.2) is 9.67 Å². The van der Waals surface area contributed by atoms with Gasteiger partial charge in [-0.3, -0.25) is 9.48 Å². The molecule has 180 valence electrons. The van der Waals surface area contributed by atoms with Gasteiger partial charge in [-0.2, -0.15) is 10.2 Å². The van der Waals surface area contributed by atoms with Crippen LogP contribution in [0.25, 0.3) is 17.1 Å². The molecule has 3 aromatic heterocycles. The maximum Gasteiger partial charge on any atom is 0.270 e. The molecule has 0 saturated heterocycles. The molecule has 3 heterocycles. The number of carbonyl (C=O) groups excluding carboxylic acids is 1. The van der Waals surface area contributed by atoms with E-state index < -0.39 is 6.10 Å². The Morgan fingerprint density at radius 1 is 1.14 bits per heavy atom. The first-order chi connectivity index (χ1) is 17.0. The molecule has 2 atom stereocenters. The second-order valence-corrected chi connectivity index (χ2v) is 9.24. The largest absolute Gasteiger partial charge is 0.391 e. The van der Waals surface area contributed by atoms with Gasteiger partial charge in [-0.15, -0.1) is 0 Å². The Hall–Kier alpha value is -3.78. The predicted molar refractivity (Wildman–Crippen MR) is 133 cm³/mol. The van der Waals surface area contributed by atoms with Crippen molar-refractivity contribution in [3.63, 3.8) is 0 Å². The summed E-state index contributed by atoms with van der Waals surface area (Å²) in [7, 11) is 1.86. The smallest absolute Gasteiger partial charge is 0.270 e. The van der Waals surface area contributed by atoms with E-state index in [2.05, 4.69) is 27.6 Å². The number of hydrogen-bond donors (Lipinski definition) is 2. The van der Waals surface area contributed by atoms with Crippen molar-refractivity contribution in [1.82, 2.24) is 29.9 Å². The van der Waals surface area contributed by atoms with Crippen LogP contribution < -0.4 is 5.32 Å². The third-order valence-corrected chi connectivity index (χ3v) is 6.71. The third kappa shape index (κ3) is 5.02. The van der Waals surface area contributed by atoms with E-state index in [9.17, 15) is 9.90 Å². The van der Waals surface area contributed by atoms with Crippen LogP contribution in [0.3, 0.4) is 0 Å². The van der Waals surface area contributed by atoms with E-state index in [0.717, 1.165) is 47.3 Å². The van der Waals surface area contributed by atoms with E-state index in [1.54, 1.807) is 10.9 Å². The van der Waals surface area contributed by atoms with Crippen molar-refractivity contribution >= 4 is 5.91 Å². The van der Waals surface area contributed by atoms with Crippen LogP contribution in [-0.2, 0) is 13.5 Å². The molecule has 0 bridgehead atoms. The van der Waals surface area contributed by atoms with E-state index in [-0.39, 0.29) is 11.9 Å². The van der Waals surface area contributed by atoms with Gasteiger partial charge in [0.2, 0.25) is 0 Å². The molecule has 1 saturated carbocycles. The molecular weight excluding hydrogens is 440 g/mol. The summed E-state index contributed by atoms with van der Waals surface area (Å²) in [6.45, 7) is 2.02. The molecule has 0 radical (unpaired) electrons. The number of rotatable bonds is 6. The quantitative estimate of drug-likeness (QED) is 0.449. The highest BCUT2D eigenvalue weighted by Crippen LogP contribution is 2.26. The number of pyridine rings is 1. The standard InChI is InChI=1S/C27H30N6O2/c1-18-20(16-19-8-10-21(11-9-19)33-14-5-13-28-33)17-24(29-26(18)23-12-15-32(2)31-23)27(35)30-22-6-3-4-7-25(22)34/h5,8-15,17,22,25,34H,3-4,6-7,16H2,1-2H3,(H,30,35)/t22-,25-/m0/s1. The molecule has 1 fully saturated rings. The average molecular weight is 471 g/mol. The molecular formula is C27H30N6O2. The van der Waals surface area contributed by atoms with Gasteiger partial charge < -0.3 is 10.4 Å². The first-order valence-electron chi connectivity index (χ1n) is 12.1. The second-order valence-electron chi connectivity index (χ2n) is 9.24. The first kappa shape index (κ1) is 23.0. The van der Waals surface area contributed by atoms with Gasteiger partial charge in [0.25, 0.3) is 5.91 Å². The maximum absolute atomic E-state index is 13.2. The van der Waals surface area contributed by atoms with Crippen LogP contribution in [0.2, 0.25) is 0 Å². The van der Waals surface area contributed by atoms with Crippen LogP contribution in [-0.4, -0.2) is 47.7 Å². The van der Waals surface area contributed by atoms with Crippen molar-refractivity contribution in [2.75, 3.05) is 0 Å². The van der Waals surface area contributed by atoms with Crippen molar-refractivity contribution in [1.29, 1.82) is 0 Å². The molecule has 8 heteroatoms. The van der Waals surface area contributed by atoms with Crippen molar-refractivity contribution < 1.29 is 9.90 Å².